The van der Waals surface area contributed by atoms with E-state index < -0.39 is 45.7 Å². The molecule has 3 nitrogen and oxygen atoms in total. The minimum atomic E-state index is -4.84. The Bertz CT molecular complexity index is 923. The van der Waals surface area contributed by atoms with Gasteiger partial charge in [-0.1, -0.05) is 0 Å². The second-order valence-corrected chi connectivity index (χ2v) is 8.85. The first-order valence-electron chi connectivity index (χ1n) is 8.22. The molecule has 29 heavy (non-hydrogen) atoms. The average molecular weight is 437 g/mol. The topological polar surface area (TPSA) is 38.7 Å². The van der Waals surface area contributed by atoms with Gasteiger partial charge in [-0.3, -0.25) is 0 Å². The fourth-order valence-electron chi connectivity index (χ4n) is 2.06. The largest absolute Gasteiger partial charge is 0.461 e. The molecule has 0 saturated heterocycles. The summed E-state index contributed by atoms with van der Waals surface area (Å²) in [6, 6.07) is 6.94. The molecule has 0 amide bonds. The zero-order valence-electron chi connectivity index (χ0n) is 15.6. The van der Waals surface area contributed by atoms with E-state index in [0.29, 0.717) is 6.07 Å². The lowest BCUT2D eigenvalue weighted by Gasteiger charge is -2.18. The Balaban J connectivity index is 2.60. The van der Waals surface area contributed by atoms with Crippen molar-refractivity contribution in [2.45, 2.75) is 38.1 Å². The summed E-state index contributed by atoms with van der Waals surface area (Å²) in [6.07, 6.45) is -8.97. The summed E-state index contributed by atoms with van der Waals surface area (Å²) in [5.74, 6) is -2.52. The van der Waals surface area contributed by atoms with E-state index in [4.69, 9.17) is 0 Å². The van der Waals surface area contributed by atoms with Crippen LogP contribution in [0, 0.1) is 11.6 Å². The molecule has 0 aliphatic rings. The van der Waals surface area contributed by atoms with Gasteiger partial charge in [0.2, 0.25) is 0 Å². The molecular weight excluding hydrogens is 420 g/mol. The highest BCUT2D eigenvalue weighted by atomic mass is 32.2. The second kappa shape index (κ2) is 8.56. The number of alkyl halides is 4. The van der Waals surface area contributed by atoms with Crippen LogP contribution in [0.1, 0.15) is 31.9 Å². The summed E-state index contributed by atoms with van der Waals surface area (Å²) in [4.78, 5) is 0. The number of rotatable bonds is 6. The molecule has 0 N–H and O–H groups in total. The minimum Gasteiger partial charge on any atom is -0.428 e. The van der Waals surface area contributed by atoms with E-state index in [1.807, 2.05) is 0 Å². The Morgan fingerprint density at radius 2 is 1.55 bits per heavy atom. The van der Waals surface area contributed by atoms with Crippen LogP contribution in [0.2, 0.25) is 0 Å². The van der Waals surface area contributed by atoms with Crippen molar-refractivity contribution in [1.82, 2.24) is 0 Å². The van der Waals surface area contributed by atoms with E-state index in [0.717, 1.165) is 24.3 Å². The van der Waals surface area contributed by atoms with Crippen LogP contribution in [0.5, 0.6) is 5.75 Å². The predicted octanol–water partition coefficient (Wildman–Crippen LogP) is 5.50. The third-order valence-corrected chi connectivity index (χ3v) is 4.86. The Labute approximate surface area is 166 Å². The molecule has 2 aromatic carbocycles. The first-order valence-corrected chi connectivity index (χ1v) is 9.33. The van der Waals surface area contributed by atoms with Gasteiger partial charge in [0.15, 0.2) is 0 Å². The highest BCUT2D eigenvalue weighted by Crippen LogP contribution is 2.29. The van der Waals surface area contributed by atoms with Crippen LogP contribution >= 0.6 is 0 Å². The molecule has 158 valence electrons. The lowest BCUT2D eigenvalue weighted by Crippen LogP contribution is -2.33. The lowest BCUT2D eigenvalue weighted by molar-refractivity contribution is -0.253. The fraction of sp³-hybridized carbons (Fsp3) is 0.316. The minimum absolute atomic E-state index is 0.108. The zero-order valence-corrected chi connectivity index (χ0v) is 16.4. The molecule has 2 aromatic rings. The summed E-state index contributed by atoms with van der Waals surface area (Å²) in [6.45, 7) is 4.87. The van der Waals surface area contributed by atoms with E-state index in [9.17, 15) is 30.6 Å². The van der Waals surface area contributed by atoms with Gasteiger partial charge in [0, 0.05) is 17.2 Å². The first kappa shape index (κ1) is 22.9. The smallest absolute Gasteiger partial charge is 0.428 e. The first-order chi connectivity index (χ1) is 13.3. The molecule has 0 fully saturated rings. The van der Waals surface area contributed by atoms with Crippen LogP contribution in [0.15, 0.2) is 46.9 Å². The molecule has 0 spiro atoms. The predicted molar refractivity (Wildman–Crippen MR) is 97.9 cm³/mol. The lowest BCUT2D eigenvalue weighted by atomic mass is 10.0. The summed E-state index contributed by atoms with van der Waals surface area (Å²) < 4.78 is 98.1. The maximum atomic E-state index is 14.0. The van der Waals surface area contributed by atoms with Crippen molar-refractivity contribution in [1.29, 1.82) is 0 Å². The Morgan fingerprint density at radius 1 is 0.966 bits per heavy atom. The van der Waals surface area contributed by atoms with E-state index in [2.05, 4.69) is 9.13 Å². The van der Waals surface area contributed by atoms with Crippen molar-refractivity contribution < 1.29 is 35.3 Å². The average Bonchev–Trinajstić information content (AvgIpc) is 2.58. The van der Waals surface area contributed by atoms with Gasteiger partial charge in [0.25, 0.3) is 0 Å². The number of nitrogens with zero attached hydrogens (tertiary/aromatic N) is 1. The molecular formula is C19H17F6NO2S. The SMILES string of the molecule is CC(C)(C)[S@](=O)N=C(c1ccc(F)cc1)c1cc(F)cc(OC(F)(F)C(F)F)c1. The number of ether oxygens (including phenoxy) is 1. The summed E-state index contributed by atoms with van der Waals surface area (Å²) >= 11 is 0. The quantitative estimate of drug-likeness (QED) is 0.442. The van der Waals surface area contributed by atoms with Gasteiger partial charge in [-0.25, -0.2) is 13.0 Å². The van der Waals surface area contributed by atoms with Gasteiger partial charge in [-0.15, -0.1) is 0 Å². The van der Waals surface area contributed by atoms with Gasteiger partial charge >= 0.3 is 12.5 Å². The summed E-state index contributed by atoms with van der Waals surface area (Å²) in [5.41, 5.74) is -0.0570. The molecule has 0 unspecified atom stereocenters. The molecule has 0 bridgehead atoms. The van der Waals surface area contributed by atoms with E-state index >= 15 is 0 Å². The van der Waals surface area contributed by atoms with Gasteiger partial charge in [0.1, 0.15) is 28.4 Å². The Kier molecular flexibility index (Phi) is 6.77. The molecule has 0 heterocycles. The normalized spacial score (nSPS) is 14.2. The fourth-order valence-corrected chi connectivity index (χ4v) is 2.71. The van der Waals surface area contributed by atoms with Gasteiger partial charge in [-0.2, -0.15) is 22.0 Å². The van der Waals surface area contributed by atoms with Gasteiger partial charge in [0.05, 0.1) is 10.5 Å². The summed E-state index contributed by atoms with van der Waals surface area (Å²) in [5, 5.41) is 0. The van der Waals surface area contributed by atoms with Crippen molar-refractivity contribution in [3.63, 3.8) is 0 Å². The standard InChI is InChI=1S/C19H17F6NO2S/c1-18(2,3)29(27)26-16(11-4-6-13(20)7-5-11)12-8-14(21)10-15(9-12)28-19(24,25)17(22)23/h4-10,17H,1-3H3/t29-/m0/s1. The maximum Gasteiger partial charge on any atom is 0.461 e. The maximum absolute atomic E-state index is 14.0. The van der Waals surface area contributed by atoms with Crippen molar-refractivity contribution >= 4 is 16.7 Å². The number of benzene rings is 2. The summed E-state index contributed by atoms with van der Waals surface area (Å²) in [7, 11) is -1.85. The van der Waals surface area contributed by atoms with Gasteiger partial charge < -0.3 is 4.74 Å². The van der Waals surface area contributed by atoms with Crippen LogP contribution < -0.4 is 4.74 Å². The molecule has 0 aliphatic heterocycles. The van der Waals surface area contributed by atoms with Crippen molar-refractivity contribution in [3.05, 3.63) is 65.2 Å². The zero-order chi connectivity index (χ0) is 22.0. The molecule has 0 radical (unpaired) electrons. The van der Waals surface area contributed by atoms with Gasteiger partial charge in [-0.05, 0) is 57.2 Å². The van der Waals surface area contributed by atoms with Crippen LogP contribution in [-0.4, -0.2) is 27.2 Å². The van der Waals surface area contributed by atoms with E-state index in [-0.39, 0.29) is 16.8 Å². The van der Waals surface area contributed by atoms with Crippen molar-refractivity contribution in [2.75, 3.05) is 0 Å². The van der Waals surface area contributed by atoms with Crippen LogP contribution in [0.4, 0.5) is 26.3 Å². The van der Waals surface area contributed by atoms with Crippen LogP contribution in [-0.2, 0) is 11.0 Å². The molecule has 2 rings (SSSR count). The Morgan fingerprint density at radius 3 is 2.07 bits per heavy atom. The molecule has 10 heteroatoms. The van der Waals surface area contributed by atoms with Crippen molar-refractivity contribution in [2.24, 2.45) is 4.40 Å². The number of hydrogen-bond acceptors (Lipinski definition) is 2. The van der Waals surface area contributed by atoms with Crippen LogP contribution in [0.25, 0.3) is 0 Å². The van der Waals surface area contributed by atoms with E-state index in [1.54, 1.807) is 20.8 Å². The molecule has 1 atom stereocenters. The monoisotopic (exact) mass is 437 g/mol. The van der Waals surface area contributed by atoms with Crippen LogP contribution in [0.3, 0.4) is 0 Å². The molecule has 0 aromatic heterocycles. The number of halogens is 6. The molecule has 0 aliphatic carbocycles. The van der Waals surface area contributed by atoms with E-state index in [1.165, 1.54) is 12.1 Å². The Hall–Kier alpha value is -2.36. The highest BCUT2D eigenvalue weighted by molar-refractivity contribution is 7.85. The van der Waals surface area contributed by atoms with Crippen molar-refractivity contribution in [3.8, 4) is 5.75 Å². The third-order valence-electron chi connectivity index (χ3n) is 3.47. The second-order valence-electron chi connectivity index (χ2n) is 6.95. The highest BCUT2D eigenvalue weighted by Gasteiger charge is 2.44. The third kappa shape index (κ3) is 6.06. The molecule has 0 saturated carbocycles. The number of hydrogen-bond donors (Lipinski definition) is 0.